The Labute approximate surface area is 137 Å². The molecule has 0 radical (unpaired) electrons. The molecule has 0 unspecified atom stereocenters. The molecule has 3 rings (SSSR count). The Morgan fingerprint density at radius 2 is 2.17 bits per heavy atom. The van der Waals surface area contributed by atoms with Gasteiger partial charge < -0.3 is 9.47 Å². The van der Waals surface area contributed by atoms with Crippen LogP contribution < -0.4 is 0 Å². The van der Waals surface area contributed by atoms with Gasteiger partial charge in [-0.15, -0.1) is 0 Å². The Bertz CT molecular complexity index is 625. The van der Waals surface area contributed by atoms with Crippen LogP contribution in [0.3, 0.4) is 0 Å². The van der Waals surface area contributed by atoms with Crippen molar-refractivity contribution in [1.82, 2.24) is 14.2 Å². The van der Waals surface area contributed by atoms with E-state index in [1.807, 2.05) is 18.3 Å². The summed E-state index contributed by atoms with van der Waals surface area (Å²) in [6, 6.07) is 3.97. The normalized spacial score (nSPS) is 27.9. The number of morpholine rings is 1. The zero-order valence-corrected chi connectivity index (χ0v) is 14.2. The minimum absolute atomic E-state index is 0.343. The molecule has 1 aromatic rings. The highest BCUT2D eigenvalue weighted by molar-refractivity contribution is 7.88. The highest BCUT2D eigenvalue weighted by Gasteiger charge is 2.42. The summed E-state index contributed by atoms with van der Waals surface area (Å²) in [5, 5.41) is 0. The van der Waals surface area contributed by atoms with E-state index in [1.54, 1.807) is 6.20 Å². The van der Waals surface area contributed by atoms with Crippen LogP contribution in [-0.2, 0) is 26.0 Å². The number of rotatable bonds is 3. The average molecular weight is 341 g/mol. The molecule has 2 aliphatic rings. The lowest BCUT2D eigenvalue weighted by Gasteiger charge is -2.43. The fourth-order valence-corrected chi connectivity index (χ4v) is 4.02. The number of hydrogen-bond acceptors (Lipinski definition) is 6. The van der Waals surface area contributed by atoms with Gasteiger partial charge >= 0.3 is 0 Å². The number of pyridine rings is 1. The third kappa shape index (κ3) is 4.27. The molecule has 2 saturated heterocycles. The SMILES string of the molecule is CS(=O)(=O)N1CCOC[C@]2(CN(Cc3cccnc3)CCO2)C1. The maximum atomic E-state index is 11.9. The summed E-state index contributed by atoms with van der Waals surface area (Å²) in [5.41, 5.74) is 0.541. The summed E-state index contributed by atoms with van der Waals surface area (Å²) in [6.45, 7) is 4.35. The average Bonchev–Trinajstić information content (AvgIpc) is 2.71. The second kappa shape index (κ2) is 6.82. The largest absolute Gasteiger partial charge is 0.377 e. The number of sulfonamides is 1. The topological polar surface area (TPSA) is 72.0 Å². The lowest BCUT2D eigenvalue weighted by molar-refractivity contribution is -0.139. The molecule has 8 heteroatoms. The van der Waals surface area contributed by atoms with E-state index in [-0.39, 0.29) is 0 Å². The molecule has 0 amide bonds. The molecule has 1 aromatic heterocycles. The zero-order valence-electron chi connectivity index (χ0n) is 13.3. The van der Waals surface area contributed by atoms with E-state index in [2.05, 4.69) is 9.88 Å². The predicted octanol–water partition coefficient (Wildman–Crippen LogP) is -0.0556. The first-order chi connectivity index (χ1) is 11.0. The monoisotopic (exact) mass is 341 g/mol. The summed E-state index contributed by atoms with van der Waals surface area (Å²) >= 11 is 0. The smallest absolute Gasteiger partial charge is 0.211 e. The molecule has 3 heterocycles. The maximum absolute atomic E-state index is 11.9. The van der Waals surface area contributed by atoms with Gasteiger partial charge in [-0.25, -0.2) is 8.42 Å². The highest BCUT2D eigenvalue weighted by atomic mass is 32.2. The fourth-order valence-electron chi connectivity index (χ4n) is 3.14. The molecule has 0 saturated carbocycles. The molecule has 0 aliphatic carbocycles. The molecule has 23 heavy (non-hydrogen) atoms. The Morgan fingerprint density at radius 1 is 1.30 bits per heavy atom. The predicted molar refractivity (Wildman–Crippen MR) is 85.4 cm³/mol. The molecule has 0 bridgehead atoms. The van der Waals surface area contributed by atoms with Gasteiger partial charge in [0.15, 0.2) is 0 Å². The minimum atomic E-state index is -3.26. The van der Waals surface area contributed by atoms with Crippen molar-refractivity contribution in [1.29, 1.82) is 0 Å². The van der Waals surface area contributed by atoms with E-state index in [0.717, 1.165) is 18.7 Å². The van der Waals surface area contributed by atoms with Crippen molar-refractivity contribution in [3.8, 4) is 0 Å². The van der Waals surface area contributed by atoms with Crippen molar-refractivity contribution in [2.24, 2.45) is 0 Å². The standard InChI is InChI=1S/C15H23N3O4S/c1-23(19,20)18-6-7-21-13-15(12-18)11-17(5-8-22-15)10-14-3-2-4-16-9-14/h2-4,9H,5-8,10-13H2,1H3/t15-/m0/s1. The Balaban J connectivity index is 1.72. The molecular weight excluding hydrogens is 318 g/mol. The van der Waals surface area contributed by atoms with Crippen LogP contribution in [0.15, 0.2) is 24.5 Å². The summed E-state index contributed by atoms with van der Waals surface area (Å²) in [6.07, 6.45) is 4.85. The first kappa shape index (κ1) is 16.8. The van der Waals surface area contributed by atoms with Gasteiger partial charge in [0.25, 0.3) is 0 Å². The van der Waals surface area contributed by atoms with Gasteiger partial charge in [-0.2, -0.15) is 4.31 Å². The maximum Gasteiger partial charge on any atom is 0.211 e. The summed E-state index contributed by atoms with van der Waals surface area (Å²) in [5.74, 6) is 0. The molecule has 1 spiro atoms. The van der Waals surface area contributed by atoms with Crippen LogP contribution in [0.5, 0.6) is 0 Å². The van der Waals surface area contributed by atoms with Crippen LogP contribution in [0.4, 0.5) is 0 Å². The van der Waals surface area contributed by atoms with Crippen molar-refractivity contribution in [3.05, 3.63) is 30.1 Å². The van der Waals surface area contributed by atoms with Crippen molar-refractivity contribution in [2.45, 2.75) is 12.1 Å². The molecule has 0 N–H and O–H groups in total. The minimum Gasteiger partial charge on any atom is -0.377 e. The van der Waals surface area contributed by atoms with Crippen molar-refractivity contribution < 1.29 is 17.9 Å². The second-order valence-corrected chi connectivity index (χ2v) is 8.23. The van der Waals surface area contributed by atoms with Crippen LogP contribution in [0.2, 0.25) is 0 Å². The lowest BCUT2D eigenvalue weighted by atomic mass is 10.0. The van der Waals surface area contributed by atoms with Crippen LogP contribution >= 0.6 is 0 Å². The molecular formula is C15H23N3O4S. The van der Waals surface area contributed by atoms with E-state index in [1.165, 1.54) is 10.6 Å². The van der Waals surface area contributed by atoms with E-state index >= 15 is 0 Å². The van der Waals surface area contributed by atoms with E-state index in [9.17, 15) is 8.42 Å². The summed E-state index contributed by atoms with van der Waals surface area (Å²) < 4.78 is 37.0. The van der Waals surface area contributed by atoms with Crippen LogP contribution in [0.25, 0.3) is 0 Å². The van der Waals surface area contributed by atoms with Gasteiger partial charge in [-0.3, -0.25) is 9.88 Å². The van der Waals surface area contributed by atoms with E-state index in [0.29, 0.717) is 39.5 Å². The molecule has 7 nitrogen and oxygen atoms in total. The fraction of sp³-hybridized carbons (Fsp3) is 0.667. The lowest BCUT2D eigenvalue weighted by Crippen LogP contribution is -2.58. The molecule has 2 fully saturated rings. The van der Waals surface area contributed by atoms with Gasteiger partial charge in [-0.1, -0.05) is 6.07 Å². The number of aromatic nitrogens is 1. The first-order valence-electron chi connectivity index (χ1n) is 7.75. The van der Waals surface area contributed by atoms with Gasteiger partial charge in [0, 0.05) is 45.1 Å². The van der Waals surface area contributed by atoms with Gasteiger partial charge in [-0.05, 0) is 11.6 Å². The second-order valence-electron chi connectivity index (χ2n) is 6.25. The first-order valence-corrected chi connectivity index (χ1v) is 9.60. The number of ether oxygens (including phenoxy) is 2. The van der Waals surface area contributed by atoms with E-state index in [4.69, 9.17) is 9.47 Å². The quantitative estimate of drug-likeness (QED) is 0.767. The molecule has 1 atom stereocenters. The van der Waals surface area contributed by atoms with Gasteiger partial charge in [0.2, 0.25) is 10.0 Å². The third-order valence-electron chi connectivity index (χ3n) is 4.24. The number of hydrogen-bond donors (Lipinski definition) is 0. The summed E-state index contributed by atoms with van der Waals surface area (Å²) in [7, 11) is -3.26. The Hall–Kier alpha value is -1.06. The number of nitrogens with zero attached hydrogens (tertiary/aromatic N) is 3. The van der Waals surface area contributed by atoms with Crippen molar-refractivity contribution in [3.63, 3.8) is 0 Å². The van der Waals surface area contributed by atoms with Crippen LogP contribution in [0.1, 0.15) is 5.56 Å². The van der Waals surface area contributed by atoms with Crippen molar-refractivity contribution >= 4 is 10.0 Å². The van der Waals surface area contributed by atoms with Gasteiger partial charge in [0.05, 0.1) is 26.1 Å². The molecule has 0 aromatic carbocycles. The third-order valence-corrected chi connectivity index (χ3v) is 5.49. The van der Waals surface area contributed by atoms with Crippen LogP contribution in [0, 0.1) is 0 Å². The molecule has 128 valence electrons. The van der Waals surface area contributed by atoms with Crippen LogP contribution in [-0.4, -0.2) is 80.5 Å². The highest BCUT2D eigenvalue weighted by Crippen LogP contribution is 2.24. The Kier molecular flexibility index (Phi) is 4.98. The van der Waals surface area contributed by atoms with Crippen molar-refractivity contribution in [2.75, 3.05) is 52.3 Å². The van der Waals surface area contributed by atoms with E-state index < -0.39 is 15.6 Å². The zero-order chi connectivity index (χ0) is 16.3. The van der Waals surface area contributed by atoms with Gasteiger partial charge in [0.1, 0.15) is 5.60 Å². The summed E-state index contributed by atoms with van der Waals surface area (Å²) in [4.78, 5) is 6.42. The Morgan fingerprint density at radius 3 is 2.91 bits per heavy atom. The molecule has 2 aliphatic heterocycles.